The van der Waals surface area contributed by atoms with Gasteiger partial charge in [-0.1, -0.05) is 6.92 Å². The van der Waals surface area contributed by atoms with Crippen LogP contribution in [0.4, 0.5) is 0 Å². The van der Waals surface area contributed by atoms with Crippen molar-refractivity contribution in [3.8, 4) is 0 Å². The summed E-state index contributed by atoms with van der Waals surface area (Å²) in [5.74, 6) is 0.673. The molecular weight excluding hydrogens is 424 g/mol. The second kappa shape index (κ2) is 8.80. The van der Waals surface area contributed by atoms with Crippen LogP contribution in [-0.2, 0) is 16.1 Å². The molecule has 4 heterocycles. The van der Waals surface area contributed by atoms with Gasteiger partial charge < -0.3 is 19.5 Å². The number of carbonyl (C=O) groups excluding carboxylic acids is 2. The summed E-state index contributed by atoms with van der Waals surface area (Å²) in [6.45, 7) is 9.23. The van der Waals surface area contributed by atoms with E-state index in [1.165, 1.54) is 0 Å². The molecule has 5 rings (SSSR count). The molecule has 2 aliphatic heterocycles. The van der Waals surface area contributed by atoms with Crippen molar-refractivity contribution in [1.82, 2.24) is 19.7 Å². The summed E-state index contributed by atoms with van der Waals surface area (Å²) in [5, 5.41) is 5.38. The zero-order valence-corrected chi connectivity index (χ0v) is 20.0. The van der Waals surface area contributed by atoms with Gasteiger partial charge >= 0.3 is 0 Å². The number of morpholine rings is 1. The molecule has 1 saturated carbocycles. The van der Waals surface area contributed by atoms with Crippen molar-refractivity contribution in [2.24, 2.45) is 5.92 Å². The van der Waals surface area contributed by atoms with Gasteiger partial charge in [-0.05, 0) is 56.0 Å². The Bertz CT molecular complexity index is 987. The van der Waals surface area contributed by atoms with Crippen LogP contribution in [0.2, 0.25) is 0 Å². The number of amides is 2. The van der Waals surface area contributed by atoms with E-state index in [4.69, 9.17) is 4.74 Å². The van der Waals surface area contributed by atoms with Gasteiger partial charge in [-0.15, -0.1) is 11.3 Å². The maximum Gasteiger partial charge on any atom is 0.271 e. The van der Waals surface area contributed by atoms with Crippen LogP contribution in [0.15, 0.2) is 17.5 Å². The van der Waals surface area contributed by atoms with E-state index in [9.17, 15) is 9.59 Å². The molecule has 1 atom stereocenters. The SMILES string of the molecule is CC1CCC(NC(=O)[C@@]2(C)Cn3c(cc4sccc43)C(=O)N2CCN2CCOCC2)CC1. The molecule has 174 valence electrons. The highest BCUT2D eigenvalue weighted by molar-refractivity contribution is 7.17. The number of nitrogens with zero attached hydrogens (tertiary/aromatic N) is 3. The van der Waals surface area contributed by atoms with Crippen molar-refractivity contribution in [1.29, 1.82) is 0 Å². The predicted molar refractivity (Wildman–Crippen MR) is 126 cm³/mol. The predicted octanol–water partition coefficient (Wildman–Crippen LogP) is 2.94. The van der Waals surface area contributed by atoms with Crippen LogP contribution < -0.4 is 5.32 Å². The number of rotatable bonds is 5. The fourth-order valence-electron chi connectivity index (χ4n) is 5.43. The lowest BCUT2D eigenvalue weighted by atomic mass is 9.86. The number of fused-ring (bicyclic) bond motifs is 3. The maximum absolute atomic E-state index is 13.7. The zero-order valence-electron chi connectivity index (χ0n) is 19.1. The van der Waals surface area contributed by atoms with Crippen molar-refractivity contribution < 1.29 is 14.3 Å². The van der Waals surface area contributed by atoms with E-state index in [-0.39, 0.29) is 17.9 Å². The summed E-state index contributed by atoms with van der Waals surface area (Å²) < 4.78 is 8.63. The first-order chi connectivity index (χ1) is 15.5. The minimum Gasteiger partial charge on any atom is -0.379 e. The summed E-state index contributed by atoms with van der Waals surface area (Å²) in [6.07, 6.45) is 4.35. The average Bonchev–Trinajstić information content (AvgIpc) is 3.38. The summed E-state index contributed by atoms with van der Waals surface area (Å²) in [6, 6.07) is 4.25. The molecule has 0 aromatic carbocycles. The number of nitrogens with one attached hydrogen (secondary N) is 1. The van der Waals surface area contributed by atoms with E-state index in [1.807, 2.05) is 23.3 Å². The molecule has 0 radical (unpaired) electrons. The molecule has 7 nitrogen and oxygen atoms in total. The Morgan fingerprint density at radius 3 is 2.72 bits per heavy atom. The zero-order chi connectivity index (χ0) is 22.3. The van der Waals surface area contributed by atoms with Gasteiger partial charge in [-0.3, -0.25) is 14.5 Å². The highest BCUT2D eigenvalue weighted by Crippen LogP contribution is 2.35. The molecule has 2 aromatic heterocycles. The third-order valence-electron chi connectivity index (χ3n) is 7.63. The van der Waals surface area contributed by atoms with Gasteiger partial charge in [0.25, 0.3) is 5.91 Å². The molecule has 1 aliphatic carbocycles. The van der Waals surface area contributed by atoms with Crippen LogP contribution >= 0.6 is 11.3 Å². The molecule has 3 aliphatic rings. The number of carbonyl (C=O) groups is 2. The standard InChI is InChI=1S/C24H34N4O3S/c1-17-3-5-18(6-4-17)25-23(30)24(2)16-27-19-7-14-32-21(19)15-20(27)22(29)28(24)9-8-26-10-12-31-13-11-26/h7,14-15,17-18H,3-6,8-13,16H2,1-2H3,(H,25,30)/t17?,18?,24-/m1/s1. The number of hydrogen-bond donors (Lipinski definition) is 1. The van der Waals surface area contributed by atoms with E-state index >= 15 is 0 Å². The van der Waals surface area contributed by atoms with E-state index in [1.54, 1.807) is 11.3 Å². The Hall–Kier alpha value is -1.90. The lowest BCUT2D eigenvalue weighted by molar-refractivity contribution is -0.134. The fourth-order valence-corrected chi connectivity index (χ4v) is 6.26. The van der Waals surface area contributed by atoms with Crippen LogP contribution in [-0.4, -0.2) is 77.2 Å². The molecule has 2 aromatic rings. The fraction of sp³-hybridized carbons (Fsp3) is 0.667. The third kappa shape index (κ3) is 3.97. The molecule has 0 bridgehead atoms. The number of ether oxygens (including phenoxy) is 1. The first-order valence-electron chi connectivity index (χ1n) is 12.0. The summed E-state index contributed by atoms with van der Waals surface area (Å²) in [5.41, 5.74) is 0.843. The summed E-state index contributed by atoms with van der Waals surface area (Å²) in [7, 11) is 0. The monoisotopic (exact) mass is 458 g/mol. The Morgan fingerprint density at radius 1 is 1.22 bits per heavy atom. The van der Waals surface area contributed by atoms with Gasteiger partial charge in [-0.2, -0.15) is 0 Å². The average molecular weight is 459 g/mol. The Morgan fingerprint density at radius 2 is 1.97 bits per heavy atom. The number of thiophene rings is 1. The van der Waals surface area contributed by atoms with E-state index in [0.29, 0.717) is 18.8 Å². The molecule has 2 fully saturated rings. The maximum atomic E-state index is 13.7. The Labute approximate surface area is 193 Å². The molecular formula is C24H34N4O3S. The van der Waals surface area contributed by atoms with Crippen LogP contribution in [0.25, 0.3) is 10.2 Å². The van der Waals surface area contributed by atoms with E-state index in [2.05, 4.69) is 27.8 Å². The van der Waals surface area contributed by atoms with Crippen molar-refractivity contribution in [2.45, 2.75) is 57.7 Å². The van der Waals surface area contributed by atoms with Crippen molar-refractivity contribution >= 4 is 33.4 Å². The van der Waals surface area contributed by atoms with Gasteiger partial charge in [0.05, 0.1) is 30.0 Å². The normalized spacial score (nSPS) is 29.3. The lowest BCUT2D eigenvalue weighted by Crippen LogP contribution is -2.66. The Balaban J connectivity index is 1.41. The van der Waals surface area contributed by atoms with Crippen molar-refractivity contribution in [3.05, 3.63) is 23.2 Å². The highest BCUT2D eigenvalue weighted by Gasteiger charge is 2.48. The van der Waals surface area contributed by atoms with E-state index in [0.717, 1.165) is 74.7 Å². The summed E-state index contributed by atoms with van der Waals surface area (Å²) in [4.78, 5) is 31.6. The number of hydrogen-bond acceptors (Lipinski definition) is 5. The van der Waals surface area contributed by atoms with Gasteiger partial charge in [0.15, 0.2) is 0 Å². The van der Waals surface area contributed by atoms with Crippen molar-refractivity contribution in [3.63, 3.8) is 0 Å². The largest absolute Gasteiger partial charge is 0.379 e. The molecule has 32 heavy (non-hydrogen) atoms. The van der Waals surface area contributed by atoms with Crippen LogP contribution in [0.5, 0.6) is 0 Å². The minimum absolute atomic E-state index is 0.0184. The molecule has 8 heteroatoms. The van der Waals surface area contributed by atoms with Crippen LogP contribution in [0.1, 0.15) is 50.0 Å². The molecule has 1 saturated heterocycles. The van der Waals surface area contributed by atoms with Crippen molar-refractivity contribution in [2.75, 3.05) is 39.4 Å². The first-order valence-corrected chi connectivity index (χ1v) is 12.8. The van der Waals surface area contributed by atoms with Gasteiger partial charge in [0.2, 0.25) is 5.91 Å². The van der Waals surface area contributed by atoms with Gasteiger partial charge in [0.1, 0.15) is 11.2 Å². The van der Waals surface area contributed by atoms with Gasteiger partial charge in [0, 0.05) is 32.2 Å². The molecule has 0 unspecified atom stereocenters. The molecule has 2 amide bonds. The second-order valence-corrected chi connectivity index (χ2v) is 10.8. The first kappa shape index (κ1) is 21.9. The smallest absolute Gasteiger partial charge is 0.271 e. The van der Waals surface area contributed by atoms with E-state index < -0.39 is 5.54 Å². The second-order valence-electron chi connectivity index (χ2n) is 9.90. The highest BCUT2D eigenvalue weighted by atomic mass is 32.1. The van der Waals surface area contributed by atoms with Crippen LogP contribution in [0, 0.1) is 5.92 Å². The molecule has 0 spiro atoms. The summed E-state index contributed by atoms with van der Waals surface area (Å²) >= 11 is 1.64. The van der Waals surface area contributed by atoms with Crippen LogP contribution in [0.3, 0.4) is 0 Å². The Kier molecular flexibility index (Phi) is 6.03. The third-order valence-corrected chi connectivity index (χ3v) is 8.49. The quantitative estimate of drug-likeness (QED) is 0.748. The number of aromatic nitrogens is 1. The molecule has 1 N–H and O–H groups in total. The lowest BCUT2D eigenvalue weighted by Gasteiger charge is -2.45. The minimum atomic E-state index is -0.909. The van der Waals surface area contributed by atoms with Gasteiger partial charge in [-0.25, -0.2) is 0 Å². The topological polar surface area (TPSA) is 66.8 Å².